The first-order valence-corrected chi connectivity index (χ1v) is 6.82. The molecule has 0 saturated heterocycles. The summed E-state index contributed by atoms with van der Waals surface area (Å²) in [5.41, 5.74) is 2.21. The van der Waals surface area contributed by atoms with Crippen molar-refractivity contribution >= 4 is 11.6 Å². The molecule has 0 aromatic carbocycles. The van der Waals surface area contributed by atoms with E-state index in [2.05, 4.69) is 37.7 Å². The van der Waals surface area contributed by atoms with Gasteiger partial charge in [-0.2, -0.15) is 0 Å². The van der Waals surface area contributed by atoms with Gasteiger partial charge in [-0.05, 0) is 39.3 Å². The Morgan fingerprint density at radius 3 is 2.68 bits per heavy atom. The van der Waals surface area contributed by atoms with Gasteiger partial charge < -0.3 is 10.1 Å². The Labute approximate surface area is 121 Å². The molecule has 1 rings (SSSR count). The largest absolute Gasteiger partial charge is 0.476 e. The van der Waals surface area contributed by atoms with Crippen LogP contribution in [0.4, 0.5) is 0 Å². The third-order valence-electron chi connectivity index (χ3n) is 2.45. The van der Waals surface area contributed by atoms with Crippen LogP contribution in [0.2, 0.25) is 5.02 Å². The molecule has 19 heavy (non-hydrogen) atoms. The van der Waals surface area contributed by atoms with Crippen molar-refractivity contribution < 1.29 is 4.74 Å². The summed E-state index contributed by atoms with van der Waals surface area (Å²) in [7, 11) is 0. The van der Waals surface area contributed by atoms with Gasteiger partial charge in [0, 0.05) is 24.7 Å². The molecule has 1 heterocycles. The summed E-state index contributed by atoms with van der Waals surface area (Å²) >= 11 is 6.16. The van der Waals surface area contributed by atoms with Crippen LogP contribution in [0.15, 0.2) is 24.4 Å². The lowest BCUT2D eigenvalue weighted by Gasteiger charge is -2.20. The quantitative estimate of drug-likeness (QED) is 0.802. The second kappa shape index (κ2) is 6.92. The van der Waals surface area contributed by atoms with Gasteiger partial charge in [0.05, 0.1) is 6.61 Å². The number of nitrogens with one attached hydrogen (secondary N) is 1. The zero-order valence-electron chi connectivity index (χ0n) is 12.2. The zero-order valence-corrected chi connectivity index (χ0v) is 13.0. The van der Waals surface area contributed by atoms with Gasteiger partial charge in [0.2, 0.25) is 5.88 Å². The SMILES string of the molecule is C=C(C)CCOc1ncc(CNC(C)(C)C)cc1Cl. The number of pyridine rings is 1. The molecule has 0 saturated carbocycles. The van der Waals surface area contributed by atoms with Crippen molar-refractivity contribution in [2.45, 2.75) is 46.2 Å². The van der Waals surface area contributed by atoms with Crippen LogP contribution in [0, 0.1) is 0 Å². The summed E-state index contributed by atoms with van der Waals surface area (Å²) in [6.45, 7) is 13.5. The average molecular weight is 283 g/mol. The maximum Gasteiger partial charge on any atom is 0.232 e. The Balaban J connectivity index is 2.56. The van der Waals surface area contributed by atoms with Gasteiger partial charge >= 0.3 is 0 Å². The first-order valence-electron chi connectivity index (χ1n) is 6.44. The standard InChI is InChI=1S/C15H23ClN2O/c1-11(2)6-7-19-14-13(16)8-12(9-17-14)10-18-15(3,4)5/h8-9,18H,1,6-7,10H2,2-5H3. The fourth-order valence-electron chi connectivity index (χ4n) is 1.36. The van der Waals surface area contributed by atoms with E-state index >= 15 is 0 Å². The molecule has 1 N–H and O–H groups in total. The van der Waals surface area contributed by atoms with Gasteiger partial charge in [0.15, 0.2) is 0 Å². The summed E-state index contributed by atoms with van der Waals surface area (Å²) in [5, 5.41) is 3.94. The van der Waals surface area contributed by atoms with Crippen LogP contribution in [0.5, 0.6) is 5.88 Å². The zero-order chi connectivity index (χ0) is 14.5. The molecule has 0 spiro atoms. The van der Waals surface area contributed by atoms with Gasteiger partial charge in [-0.25, -0.2) is 4.98 Å². The highest BCUT2D eigenvalue weighted by Gasteiger charge is 2.10. The molecule has 0 atom stereocenters. The fourth-order valence-corrected chi connectivity index (χ4v) is 1.60. The molecule has 106 valence electrons. The van der Waals surface area contributed by atoms with E-state index in [9.17, 15) is 0 Å². The molecule has 0 aliphatic carbocycles. The summed E-state index contributed by atoms with van der Waals surface area (Å²) < 4.78 is 5.52. The Morgan fingerprint density at radius 1 is 1.47 bits per heavy atom. The molecule has 0 unspecified atom stereocenters. The van der Waals surface area contributed by atoms with E-state index in [-0.39, 0.29) is 5.54 Å². The van der Waals surface area contributed by atoms with Crippen molar-refractivity contribution in [2.24, 2.45) is 0 Å². The smallest absolute Gasteiger partial charge is 0.232 e. The Kier molecular flexibility index (Phi) is 5.83. The summed E-state index contributed by atoms with van der Waals surface area (Å²) in [6, 6.07) is 1.89. The lowest BCUT2D eigenvalue weighted by atomic mass is 10.1. The highest BCUT2D eigenvalue weighted by Crippen LogP contribution is 2.23. The van der Waals surface area contributed by atoms with Crippen LogP contribution in [-0.2, 0) is 6.54 Å². The molecule has 0 radical (unpaired) electrons. The second-order valence-electron chi connectivity index (χ2n) is 5.79. The lowest BCUT2D eigenvalue weighted by molar-refractivity contribution is 0.309. The van der Waals surface area contributed by atoms with Crippen molar-refractivity contribution in [2.75, 3.05) is 6.61 Å². The van der Waals surface area contributed by atoms with E-state index < -0.39 is 0 Å². The molecule has 0 amide bonds. The van der Waals surface area contributed by atoms with E-state index in [1.54, 1.807) is 6.20 Å². The maximum atomic E-state index is 6.16. The summed E-state index contributed by atoms with van der Waals surface area (Å²) in [5.74, 6) is 0.488. The van der Waals surface area contributed by atoms with E-state index in [1.807, 2.05) is 13.0 Å². The molecular formula is C15H23ClN2O. The Bertz CT molecular complexity index is 438. The average Bonchev–Trinajstić information content (AvgIpc) is 2.27. The van der Waals surface area contributed by atoms with E-state index in [1.165, 1.54) is 0 Å². The fraction of sp³-hybridized carbons (Fsp3) is 0.533. The van der Waals surface area contributed by atoms with Crippen molar-refractivity contribution in [3.63, 3.8) is 0 Å². The van der Waals surface area contributed by atoms with E-state index in [0.717, 1.165) is 24.1 Å². The molecule has 0 bridgehead atoms. The third kappa shape index (κ3) is 6.60. The molecule has 0 fully saturated rings. The summed E-state index contributed by atoms with van der Waals surface area (Å²) in [4.78, 5) is 4.25. The summed E-state index contributed by atoms with van der Waals surface area (Å²) in [6.07, 6.45) is 2.60. The number of rotatable bonds is 6. The maximum absolute atomic E-state index is 6.16. The number of ether oxygens (including phenoxy) is 1. The first-order chi connectivity index (χ1) is 8.78. The monoisotopic (exact) mass is 282 g/mol. The first kappa shape index (κ1) is 16.0. The van der Waals surface area contributed by atoms with E-state index in [0.29, 0.717) is 17.5 Å². The van der Waals surface area contributed by atoms with Crippen molar-refractivity contribution in [3.8, 4) is 5.88 Å². The number of halogens is 1. The number of nitrogens with zero attached hydrogens (tertiary/aromatic N) is 1. The highest BCUT2D eigenvalue weighted by molar-refractivity contribution is 6.31. The second-order valence-corrected chi connectivity index (χ2v) is 6.20. The molecule has 0 aliphatic heterocycles. The molecule has 3 nitrogen and oxygen atoms in total. The number of aromatic nitrogens is 1. The highest BCUT2D eigenvalue weighted by atomic mass is 35.5. The molecule has 1 aromatic heterocycles. The van der Waals surface area contributed by atoms with E-state index in [4.69, 9.17) is 16.3 Å². The molecule has 4 heteroatoms. The number of hydrogen-bond acceptors (Lipinski definition) is 3. The Morgan fingerprint density at radius 2 is 2.16 bits per heavy atom. The minimum Gasteiger partial charge on any atom is -0.476 e. The van der Waals surface area contributed by atoms with Gasteiger partial charge in [0.1, 0.15) is 5.02 Å². The number of hydrogen-bond donors (Lipinski definition) is 1. The predicted molar refractivity (Wildman–Crippen MR) is 80.8 cm³/mol. The van der Waals surface area contributed by atoms with Gasteiger partial charge in [-0.1, -0.05) is 17.2 Å². The molecule has 0 aliphatic rings. The molecular weight excluding hydrogens is 260 g/mol. The van der Waals surface area contributed by atoms with Gasteiger partial charge in [-0.3, -0.25) is 0 Å². The Hall–Kier alpha value is -1.06. The van der Waals surface area contributed by atoms with Crippen molar-refractivity contribution in [1.82, 2.24) is 10.3 Å². The van der Waals surface area contributed by atoms with Crippen LogP contribution in [0.3, 0.4) is 0 Å². The van der Waals surface area contributed by atoms with Crippen LogP contribution in [-0.4, -0.2) is 17.1 Å². The van der Waals surface area contributed by atoms with Crippen molar-refractivity contribution in [1.29, 1.82) is 0 Å². The third-order valence-corrected chi connectivity index (χ3v) is 2.73. The van der Waals surface area contributed by atoms with Crippen LogP contribution in [0.1, 0.15) is 39.7 Å². The van der Waals surface area contributed by atoms with Crippen LogP contribution >= 0.6 is 11.6 Å². The predicted octanol–water partition coefficient (Wildman–Crippen LogP) is 3.97. The van der Waals surface area contributed by atoms with Gasteiger partial charge in [-0.15, -0.1) is 6.58 Å². The lowest BCUT2D eigenvalue weighted by Crippen LogP contribution is -2.35. The van der Waals surface area contributed by atoms with Crippen molar-refractivity contribution in [3.05, 3.63) is 35.0 Å². The van der Waals surface area contributed by atoms with Crippen LogP contribution < -0.4 is 10.1 Å². The minimum absolute atomic E-state index is 0.0726. The van der Waals surface area contributed by atoms with Gasteiger partial charge in [0.25, 0.3) is 0 Å². The topological polar surface area (TPSA) is 34.1 Å². The normalized spacial score (nSPS) is 11.4. The minimum atomic E-state index is 0.0726. The molecule has 1 aromatic rings. The van der Waals surface area contributed by atoms with Crippen LogP contribution in [0.25, 0.3) is 0 Å².